The molecule has 284 valence electrons. The number of likely N-dealkylation sites (tertiary alicyclic amines) is 1. The first-order chi connectivity index (χ1) is 23.4. The van der Waals surface area contributed by atoms with Crippen LogP contribution in [0.4, 0.5) is 4.79 Å². The quantitative estimate of drug-likeness (QED) is 0.0734. The molecule has 0 bridgehead atoms. The van der Waals surface area contributed by atoms with Gasteiger partial charge in [0.15, 0.2) is 9.84 Å². The molecule has 5 N–H and O–H groups in total. The maximum absolute atomic E-state index is 14.5. The minimum atomic E-state index is -3.51. The predicted octanol–water partition coefficient (Wildman–Crippen LogP) is 2.43. The zero-order valence-corrected chi connectivity index (χ0v) is 31.7. The van der Waals surface area contributed by atoms with Crippen LogP contribution < -0.4 is 21.3 Å². The Morgan fingerprint density at radius 3 is 2.38 bits per heavy atom. The molecule has 13 nitrogen and oxygen atoms in total. The lowest BCUT2D eigenvalue weighted by Crippen LogP contribution is -2.67. The average Bonchev–Trinajstić information content (AvgIpc) is 3.35. The number of piperidine rings is 1. The summed E-state index contributed by atoms with van der Waals surface area (Å²) in [5.41, 5.74) is -1.91. The molecule has 0 aromatic rings. The lowest BCUT2D eigenvalue weighted by molar-refractivity contribution is -0.143. The van der Waals surface area contributed by atoms with E-state index in [1.807, 2.05) is 27.7 Å². The normalized spacial score (nSPS) is 28.3. The number of carbonyl (C=O) groups excluding carboxylic acids is 4. The molecule has 4 rings (SSSR count). The Morgan fingerprint density at radius 1 is 1.10 bits per heavy atom. The maximum atomic E-state index is 14.5. The Balaban J connectivity index is 1.56. The lowest BCUT2D eigenvalue weighted by Gasteiger charge is -2.45. The van der Waals surface area contributed by atoms with Gasteiger partial charge >= 0.3 is 6.03 Å². The number of hydrogen-bond acceptors (Lipinski definition) is 9. The van der Waals surface area contributed by atoms with Gasteiger partial charge in [-0.05, 0) is 41.9 Å². The molecule has 14 heteroatoms. The van der Waals surface area contributed by atoms with Crippen molar-refractivity contribution in [3.63, 3.8) is 0 Å². The molecule has 2 aliphatic heterocycles. The van der Waals surface area contributed by atoms with E-state index >= 15 is 0 Å². The second kappa shape index (κ2) is 16.0. The van der Waals surface area contributed by atoms with E-state index in [-0.39, 0.29) is 48.7 Å². The second-order valence-corrected chi connectivity index (χ2v) is 18.8. The number of Topliss-reactive ketones (excluding diaryl/α,β-unsaturated/α-hetero) is 1. The summed E-state index contributed by atoms with van der Waals surface area (Å²) in [5, 5.41) is 22.4. The largest absolute Gasteiger partial charge is 0.379 e. The van der Waals surface area contributed by atoms with E-state index in [1.165, 1.54) is 6.08 Å². The monoisotopic (exact) mass is 723 g/mol. The van der Waals surface area contributed by atoms with E-state index in [1.54, 1.807) is 4.90 Å². The second-order valence-electron chi connectivity index (χ2n) is 16.5. The number of ether oxygens (including phenoxy) is 1. The molecular weight excluding hydrogens is 662 g/mol. The van der Waals surface area contributed by atoms with Crippen LogP contribution in [-0.4, -0.2) is 109 Å². The van der Waals surface area contributed by atoms with Crippen LogP contribution in [0, 0.1) is 22.7 Å². The fraction of sp³-hybridized carbons (Fsp3) is 0.833. The van der Waals surface area contributed by atoms with Gasteiger partial charge in [0.1, 0.15) is 17.5 Å². The highest BCUT2D eigenvalue weighted by Crippen LogP contribution is 2.65. The highest BCUT2D eigenvalue weighted by Gasteiger charge is 2.69. The molecule has 0 aromatic carbocycles. The van der Waals surface area contributed by atoms with E-state index in [2.05, 4.69) is 41.7 Å². The van der Waals surface area contributed by atoms with Gasteiger partial charge in [-0.3, -0.25) is 19.7 Å². The Hall–Kier alpha value is -2.55. The summed E-state index contributed by atoms with van der Waals surface area (Å²) in [4.78, 5) is 55.9. The number of aliphatic hydroxyl groups excluding tert-OH is 1. The van der Waals surface area contributed by atoms with Crippen LogP contribution in [0.5, 0.6) is 0 Å². The van der Waals surface area contributed by atoms with Crippen molar-refractivity contribution in [2.75, 3.05) is 32.1 Å². The van der Waals surface area contributed by atoms with Crippen molar-refractivity contribution in [2.24, 2.45) is 22.7 Å². The van der Waals surface area contributed by atoms with Crippen molar-refractivity contribution < 1.29 is 37.4 Å². The lowest BCUT2D eigenvalue weighted by atomic mass is 9.79. The van der Waals surface area contributed by atoms with E-state index in [9.17, 15) is 32.7 Å². The fourth-order valence-electron chi connectivity index (χ4n) is 8.58. The van der Waals surface area contributed by atoms with E-state index in [0.717, 1.165) is 32.1 Å². The number of fused-ring (bicyclic) bond motifs is 1. The average molecular weight is 724 g/mol. The molecule has 0 aromatic heterocycles. The number of amides is 4. The first-order valence-electron chi connectivity index (χ1n) is 18.5. The number of nitrogens with zero attached hydrogens (tertiary/aromatic N) is 1. The van der Waals surface area contributed by atoms with Crippen LogP contribution in [0.25, 0.3) is 0 Å². The van der Waals surface area contributed by atoms with E-state index in [0.29, 0.717) is 32.2 Å². The number of sulfone groups is 1. The Bertz CT molecular complexity index is 1370. The fourth-order valence-corrected chi connectivity index (χ4v) is 10.5. The van der Waals surface area contributed by atoms with Crippen LogP contribution in [0.3, 0.4) is 0 Å². The molecule has 0 spiro atoms. The molecule has 4 amide bonds. The van der Waals surface area contributed by atoms with Crippen LogP contribution in [0.15, 0.2) is 12.7 Å². The van der Waals surface area contributed by atoms with Gasteiger partial charge < -0.3 is 30.7 Å². The molecule has 2 aliphatic carbocycles. The Labute approximate surface area is 298 Å². The van der Waals surface area contributed by atoms with Crippen molar-refractivity contribution in [1.82, 2.24) is 26.2 Å². The van der Waals surface area contributed by atoms with E-state index < -0.39 is 68.1 Å². The molecular formula is C36H61N5O8S. The number of urea groups is 1. The zero-order chi connectivity index (χ0) is 37.1. The van der Waals surface area contributed by atoms with Gasteiger partial charge in [0.05, 0.1) is 36.6 Å². The summed E-state index contributed by atoms with van der Waals surface area (Å²) < 4.78 is 32.0. The van der Waals surface area contributed by atoms with Gasteiger partial charge in [-0.2, -0.15) is 0 Å². The number of rotatable bonds is 15. The van der Waals surface area contributed by atoms with Gasteiger partial charge in [0.25, 0.3) is 5.91 Å². The summed E-state index contributed by atoms with van der Waals surface area (Å²) in [6.07, 6.45) is 6.43. The molecule has 7 unspecified atom stereocenters. The van der Waals surface area contributed by atoms with Crippen LogP contribution in [-0.2, 0) is 29.0 Å². The van der Waals surface area contributed by atoms with Crippen LogP contribution >= 0.6 is 0 Å². The summed E-state index contributed by atoms with van der Waals surface area (Å²) >= 11 is 0. The third kappa shape index (κ3) is 8.73. The number of ketones is 1. The minimum Gasteiger partial charge on any atom is -0.379 e. The van der Waals surface area contributed by atoms with Crippen LogP contribution in [0.2, 0.25) is 0 Å². The number of unbranched alkanes of at least 4 members (excludes halogenated alkanes) is 2. The first-order valence-corrected chi connectivity index (χ1v) is 20.2. The van der Waals surface area contributed by atoms with Gasteiger partial charge in [-0.15, -0.1) is 6.58 Å². The summed E-state index contributed by atoms with van der Waals surface area (Å²) in [6, 6.07) is -3.28. The number of nitrogens with one attached hydrogen (secondary N) is 4. The molecule has 50 heavy (non-hydrogen) atoms. The number of aliphatic hydroxyl groups is 1. The van der Waals surface area contributed by atoms with E-state index in [4.69, 9.17) is 4.74 Å². The third-order valence-electron chi connectivity index (χ3n) is 11.6. The Morgan fingerprint density at radius 2 is 1.78 bits per heavy atom. The summed E-state index contributed by atoms with van der Waals surface area (Å²) in [6.45, 7) is 16.0. The number of carbonyl (C=O) groups is 4. The predicted molar refractivity (Wildman–Crippen MR) is 191 cm³/mol. The van der Waals surface area contributed by atoms with Crippen molar-refractivity contribution in [3.8, 4) is 0 Å². The molecule has 2 saturated heterocycles. The minimum absolute atomic E-state index is 0.0149. The van der Waals surface area contributed by atoms with Crippen molar-refractivity contribution in [3.05, 3.63) is 12.7 Å². The smallest absolute Gasteiger partial charge is 0.315 e. The third-order valence-corrected chi connectivity index (χ3v) is 13.8. The van der Waals surface area contributed by atoms with Gasteiger partial charge in [0, 0.05) is 13.1 Å². The molecule has 2 saturated carbocycles. The van der Waals surface area contributed by atoms with Gasteiger partial charge in [0.2, 0.25) is 11.7 Å². The highest BCUT2D eigenvalue weighted by atomic mass is 32.2. The Kier molecular flexibility index (Phi) is 12.9. The SMILES string of the molecule is C=CCNC(=O)C(=O)C(CCCCC)NC(O)C1C2C(CN1C(=O)C(NC(=O)NC1(C3COCCS3(=O)=O)CCCCC1)C(C)(C)C)C2(C)C. The molecule has 0 radical (unpaired) electrons. The molecule has 4 fully saturated rings. The van der Waals surface area contributed by atoms with Crippen molar-refractivity contribution >= 4 is 33.5 Å². The maximum Gasteiger partial charge on any atom is 0.315 e. The highest BCUT2D eigenvalue weighted by molar-refractivity contribution is 7.92. The zero-order valence-electron chi connectivity index (χ0n) is 30.9. The standard InChI is InChI=1S/C36H61N5O8S/c1-8-10-12-15-24(28(42)31(44)37-18-9-2)38-30(43)27-26-23(35(26,6)7)21-41(27)32(45)29(34(3,4)5)39-33(46)40-36(16-13-11-14-17-36)25-22-49-19-20-50(25,47)48/h9,23-27,29-30,38,43H,2,8,10-22H2,1,3-7H3,(H,37,44)(H2,39,40,46). The first kappa shape index (κ1) is 40.2. The summed E-state index contributed by atoms with van der Waals surface area (Å²) in [7, 11) is -3.51. The molecule has 7 atom stereocenters. The van der Waals surface area contributed by atoms with Crippen molar-refractivity contribution in [1.29, 1.82) is 0 Å². The van der Waals surface area contributed by atoms with Crippen LogP contribution in [0.1, 0.15) is 99.3 Å². The van der Waals surface area contributed by atoms with Crippen molar-refractivity contribution in [2.45, 2.75) is 134 Å². The number of hydrogen-bond donors (Lipinski definition) is 5. The van der Waals surface area contributed by atoms with Gasteiger partial charge in [-0.25, -0.2) is 13.2 Å². The molecule has 4 aliphatic rings. The topological polar surface area (TPSA) is 183 Å². The van der Waals surface area contributed by atoms with Gasteiger partial charge in [-0.1, -0.05) is 86.1 Å². The summed E-state index contributed by atoms with van der Waals surface area (Å²) in [5.74, 6) is -1.87. The molecule has 2 heterocycles.